The molecule has 1 aliphatic heterocycles. The van der Waals surface area contributed by atoms with Gasteiger partial charge in [0.2, 0.25) is 0 Å². The molecule has 178 valence electrons. The van der Waals surface area contributed by atoms with Crippen molar-refractivity contribution in [2.75, 3.05) is 12.0 Å². The zero-order valence-electron chi connectivity index (χ0n) is 18.2. The Morgan fingerprint density at radius 3 is 2.49 bits per heavy atom. The Kier molecular flexibility index (Phi) is 7.09. The van der Waals surface area contributed by atoms with E-state index in [0.717, 1.165) is 4.90 Å². The Morgan fingerprint density at radius 2 is 1.80 bits per heavy atom. The van der Waals surface area contributed by atoms with Crippen LogP contribution in [0.2, 0.25) is 5.02 Å². The van der Waals surface area contributed by atoms with Gasteiger partial charge in [-0.05, 0) is 65.8 Å². The van der Waals surface area contributed by atoms with E-state index in [-0.39, 0.29) is 45.3 Å². The van der Waals surface area contributed by atoms with Crippen molar-refractivity contribution in [3.63, 3.8) is 0 Å². The number of amides is 2. The predicted octanol–water partition coefficient (Wildman–Crippen LogP) is 5.04. The smallest absolute Gasteiger partial charge is 0.270 e. The highest BCUT2D eigenvalue weighted by Gasteiger charge is 2.35. The number of carbonyl (C=O) groups excluding carboxylic acids is 2. The Morgan fingerprint density at radius 1 is 1.09 bits per heavy atom. The molecule has 1 saturated heterocycles. The molecule has 0 aliphatic carbocycles. The third kappa shape index (κ3) is 5.16. The fourth-order valence-electron chi connectivity index (χ4n) is 3.38. The molecule has 1 N–H and O–H groups in total. The van der Waals surface area contributed by atoms with Crippen LogP contribution in [0.15, 0.2) is 66.2 Å². The van der Waals surface area contributed by atoms with Crippen LogP contribution in [-0.2, 0) is 16.2 Å². The number of carbonyl (C=O) groups is 2. The highest BCUT2D eigenvalue weighted by atomic mass is 35.5. The minimum Gasteiger partial charge on any atom is -0.493 e. The van der Waals surface area contributed by atoms with E-state index in [1.54, 1.807) is 18.2 Å². The largest absolute Gasteiger partial charge is 0.493 e. The number of para-hydroxylation sites is 1. The Hall–Kier alpha value is -3.82. The fraction of sp³-hybridized carbons (Fsp3) is 0.0800. The summed E-state index contributed by atoms with van der Waals surface area (Å²) in [6, 6.07) is 14.4. The summed E-state index contributed by atoms with van der Waals surface area (Å²) in [5.74, 6) is -2.09. The number of nitrogens with one attached hydrogen (secondary N) is 1. The van der Waals surface area contributed by atoms with Crippen molar-refractivity contribution < 1.29 is 27.8 Å². The summed E-state index contributed by atoms with van der Waals surface area (Å²) in [6.07, 6.45) is 1.30. The molecule has 0 unspecified atom stereocenters. The third-order valence-corrected chi connectivity index (χ3v) is 5.62. The van der Waals surface area contributed by atoms with Gasteiger partial charge in [0.15, 0.2) is 16.6 Å². The van der Waals surface area contributed by atoms with E-state index in [2.05, 4.69) is 5.32 Å². The van der Waals surface area contributed by atoms with Crippen molar-refractivity contribution >= 4 is 52.5 Å². The van der Waals surface area contributed by atoms with E-state index >= 15 is 0 Å². The molecule has 2 amide bonds. The lowest BCUT2D eigenvalue weighted by Gasteiger charge is -2.29. The third-order valence-electron chi connectivity index (χ3n) is 5.05. The van der Waals surface area contributed by atoms with Crippen LogP contribution in [-0.4, -0.2) is 24.0 Å². The Balaban J connectivity index is 1.64. The first-order valence-electron chi connectivity index (χ1n) is 10.2. The number of hydrogen-bond donors (Lipinski definition) is 1. The van der Waals surface area contributed by atoms with Crippen LogP contribution in [0.3, 0.4) is 0 Å². The molecule has 0 atom stereocenters. The second-order valence-corrected chi connectivity index (χ2v) is 8.15. The predicted molar refractivity (Wildman–Crippen MR) is 131 cm³/mol. The molecule has 35 heavy (non-hydrogen) atoms. The molecular formula is C25H17ClF2N2O4S. The summed E-state index contributed by atoms with van der Waals surface area (Å²) in [4.78, 5) is 26.6. The number of methoxy groups -OCH3 is 1. The number of benzene rings is 3. The number of hydrogen-bond acceptors (Lipinski definition) is 5. The van der Waals surface area contributed by atoms with Crippen LogP contribution in [0.4, 0.5) is 14.5 Å². The van der Waals surface area contributed by atoms with Crippen LogP contribution in [0, 0.1) is 11.6 Å². The van der Waals surface area contributed by atoms with Gasteiger partial charge in [0.25, 0.3) is 11.8 Å². The van der Waals surface area contributed by atoms with Crippen molar-refractivity contribution in [3.05, 3.63) is 94.0 Å². The first kappa shape index (κ1) is 24.3. The molecule has 1 fully saturated rings. The lowest BCUT2D eigenvalue weighted by molar-refractivity contribution is -0.122. The molecule has 10 heteroatoms. The number of rotatable bonds is 6. The van der Waals surface area contributed by atoms with Gasteiger partial charge in [-0.2, -0.15) is 0 Å². The standard InChI is InChI=1S/C25H17ClF2N2O4S/c1-33-21-12-15(11-18(26)22(21)34-13-14-6-8-16(27)9-7-14)10-17-23(31)29-25(35)30(24(17)32)20-5-3-2-4-19(20)28/h2-12H,13H2,1H3,(H,29,31,35)/b17-10+. The normalized spacial score (nSPS) is 14.8. The van der Waals surface area contributed by atoms with Gasteiger partial charge in [0.1, 0.15) is 23.8 Å². The highest BCUT2D eigenvalue weighted by Crippen LogP contribution is 2.38. The Labute approximate surface area is 209 Å². The summed E-state index contributed by atoms with van der Waals surface area (Å²) >= 11 is 11.5. The van der Waals surface area contributed by atoms with Crippen molar-refractivity contribution in [1.82, 2.24) is 5.32 Å². The molecule has 1 aliphatic rings. The van der Waals surface area contributed by atoms with Crippen molar-refractivity contribution in [3.8, 4) is 11.5 Å². The van der Waals surface area contributed by atoms with Crippen LogP contribution in [0.25, 0.3) is 6.08 Å². The summed E-state index contributed by atoms with van der Waals surface area (Å²) in [5, 5.41) is 2.32. The maximum absolute atomic E-state index is 14.3. The molecule has 4 rings (SSSR count). The van der Waals surface area contributed by atoms with Crippen LogP contribution < -0.4 is 19.7 Å². The summed E-state index contributed by atoms with van der Waals surface area (Å²) < 4.78 is 38.6. The number of anilines is 1. The molecular weight excluding hydrogens is 498 g/mol. The zero-order valence-corrected chi connectivity index (χ0v) is 19.8. The average molecular weight is 515 g/mol. The molecule has 0 radical (unpaired) electrons. The second-order valence-electron chi connectivity index (χ2n) is 7.36. The first-order valence-corrected chi connectivity index (χ1v) is 11.0. The number of thiocarbonyl (C=S) groups is 1. The van der Waals surface area contributed by atoms with Gasteiger partial charge in [0, 0.05) is 0 Å². The molecule has 3 aromatic carbocycles. The Bertz CT molecular complexity index is 1360. The number of halogens is 3. The minimum absolute atomic E-state index is 0.0893. The SMILES string of the molecule is COc1cc(/C=C2\C(=O)NC(=S)N(c3ccccc3F)C2=O)cc(Cl)c1OCc1ccc(F)cc1. The maximum Gasteiger partial charge on any atom is 0.270 e. The topological polar surface area (TPSA) is 67.9 Å². The van der Waals surface area contributed by atoms with Gasteiger partial charge in [0.05, 0.1) is 17.8 Å². The van der Waals surface area contributed by atoms with Gasteiger partial charge < -0.3 is 9.47 Å². The average Bonchev–Trinajstić information content (AvgIpc) is 2.83. The van der Waals surface area contributed by atoms with E-state index in [1.165, 1.54) is 55.7 Å². The van der Waals surface area contributed by atoms with Crippen molar-refractivity contribution in [1.29, 1.82) is 0 Å². The van der Waals surface area contributed by atoms with E-state index in [1.807, 2.05) is 0 Å². The quantitative estimate of drug-likeness (QED) is 0.284. The van der Waals surface area contributed by atoms with Gasteiger partial charge >= 0.3 is 0 Å². The van der Waals surface area contributed by atoms with E-state index < -0.39 is 17.6 Å². The molecule has 0 aromatic heterocycles. The summed E-state index contributed by atoms with van der Waals surface area (Å²) in [6.45, 7) is 0.104. The van der Waals surface area contributed by atoms with Gasteiger partial charge in [-0.15, -0.1) is 0 Å². The van der Waals surface area contributed by atoms with Crippen molar-refractivity contribution in [2.45, 2.75) is 6.61 Å². The van der Waals surface area contributed by atoms with Crippen molar-refractivity contribution in [2.24, 2.45) is 0 Å². The molecule has 0 saturated carbocycles. The number of ether oxygens (including phenoxy) is 2. The number of nitrogens with zero attached hydrogens (tertiary/aromatic N) is 1. The van der Waals surface area contributed by atoms with Crippen LogP contribution >= 0.6 is 23.8 Å². The fourth-order valence-corrected chi connectivity index (χ4v) is 3.92. The lowest BCUT2D eigenvalue weighted by atomic mass is 10.1. The second kappa shape index (κ2) is 10.2. The van der Waals surface area contributed by atoms with E-state index in [0.29, 0.717) is 11.1 Å². The minimum atomic E-state index is -0.796. The van der Waals surface area contributed by atoms with E-state index in [4.69, 9.17) is 33.3 Å². The highest BCUT2D eigenvalue weighted by molar-refractivity contribution is 7.80. The maximum atomic E-state index is 14.3. The molecule has 3 aromatic rings. The summed E-state index contributed by atoms with van der Waals surface area (Å²) in [5.41, 5.74) is 0.707. The van der Waals surface area contributed by atoms with Crippen LogP contribution in [0.5, 0.6) is 11.5 Å². The van der Waals surface area contributed by atoms with Gasteiger partial charge in [-0.3, -0.25) is 14.9 Å². The van der Waals surface area contributed by atoms with Gasteiger partial charge in [-0.25, -0.2) is 13.7 Å². The van der Waals surface area contributed by atoms with E-state index in [9.17, 15) is 18.4 Å². The molecule has 0 bridgehead atoms. The monoisotopic (exact) mass is 514 g/mol. The van der Waals surface area contributed by atoms with Gasteiger partial charge in [-0.1, -0.05) is 35.9 Å². The first-order chi connectivity index (χ1) is 16.8. The lowest BCUT2D eigenvalue weighted by Crippen LogP contribution is -2.54. The molecule has 1 heterocycles. The van der Waals surface area contributed by atoms with Crippen LogP contribution in [0.1, 0.15) is 11.1 Å². The molecule has 0 spiro atoms. The zero-order chi connectivity index (χ0) is 25.1. The summed E-state index contributed by atoms with van der Waals surface area (Å²) in [7, 11) is 1.41. The molecule has 6 nitrogen and oxygen atoms in total.